The molecule has 0 amide bonds. The summed E-state index contributed by atoms with van der Waals surface area (Å²) in [5.41, 5.74) is 5.36. The maximum atomic E-state index is 14.8. The Balaban J connectivity index is 1.26. The molecule has 0 fully saturated rings. The smallest absolute Gasteiger partial charge is 0.123 e. The molecule has 9 rings (SSSR count). The molecule has 0 saturated heterocycles. The van der Waals surface area contributed by atoms with Gasteiger partial charge in [-0.3, -0.25) is 0 Å². The maximum Gasteiger partial charge on any atom is 0.123 e. The van der Waals surface area contributed by atoms with Crippen molar-refractivity contribution >= 4 is 42.6 Å². The minimum Gasteiger partial charge on any atom is -0.309 e. The van der Waals surface area contributed by atoms with Gasteiger partial charge >= 0.3 is 0 Å². The summed E-state index contributed by atoms with van der Waals surface area (Å²) < 4.78 is 17.0. The van der Waals surface area contributed by atoms with Gasteiger partial charge in [0.25, 0.3) is 0 Å². The molecule has 0 unspecified atom stereocenters. The highest BCUT2D eigenvalue weighted by Gasteiger charge is 2.33. The Morgan fingerprint density at radius 3 is 1.61 bits per heavy atom. The summed E-state index contributed by atoms with van der Waals surface area (Å²) in [5.74, 6) is -0.230. The summed E-state index contributed by atoms with van der Waals surface area (Å²) in [5, 5.41) is 4.26. The van der Waals surface area contributed by atoms with Crippen LogP contribution >= 0.6 is 10.0 Å². The number of rotatable bonds is 6. The molecule has 0 saturated carbocycles. The van der Waals surface area contributed by atoms with Crippen LogP contribution in [0.3, 0.4) is 0 Å². The fraction of sp³-hybridized carbons (Fsp3) is 0. The molecule has 0 N–H and O–H groups in total. The van der Waals surface area contributed by atoms with Crippen molar-refractivity contribution in [2.45, 2.75) is 19.6 Å². The van der Waals surface area contributed by atoms with Crippen LogP contribution in [0.5, 0.6) is 0 Å². The molecule has 234 valence electrons. The third-order valence-electron chi connectivity index (χ3n) is 9.53. The second-order valence-corrected chi connectivity index (χ2v) is 15.4. The summed E-state index contributed by atoms with van der Waals surface area (Å²) in [7, 11) is -1.82. The molecule has 0 bridgehead atoms. The van der Waals surface area contributed by atoms with Crippen LogP contribution in [0.2, 0.25) is 0 Å². The van der Waals surface area contributed by atoms with Crippen LogP contribution in [-0.4, -0.2) is 4.57 Å². The second-order valence-electron chi connectivity index (χ2n) is 12.3. The van der Waals surface area contributed by atoms with E-state index in [0.29, 0.717) is 0 Å². The van der Waals surface area contributed by atoms with E-state index in [1.807, 2.05) is 6.07 Å². The average molecular weight is 650 g/mol. The highest BCUT2D eigenvalue weighted by atomic mass is 32.3. The van der Waals surface area contributed by atoms with Gasteiger partial charge in [0.15, 0.2) is 0 Å². The fourth-order valence-corrected chi connectivity index (χ4v) is 11.3. The van der Waals surface area contributed by atoms with Gasteiger partial charge in [0, 0.05) is 36.0 Å². The normalized spacial score (nSPS) is 12.1. The lowest BCUT2D eigenvalue weighted by molar-refractivity contribution is 0.629. The zero-order chi connectivity index (χ0) is 32.8. The van der Waals surface area contributed by atoms with Gasteiger partial charge in [0.05, 0.1) is 11.0 Å². The first-order valence-electron chi connectivity index (χ1n) is 16.5. The summed E-state index contributed by atoms with van der Waals surface area (Å²) in [6, 6.07) is 68.5. The first kappa shape index (κ1) is 29.3. The van der Waals surface area contributed by atoms with Gasteiger partial charge in [-0.2, -0.15) is 0 Å². The highest BCUT2D eigenvalue weighted by molar-refractivity contribution is 8.34. The number of halogens is 1. The lowest BCUT2D eigenvalue weighted by Crippen LogP contribution is -2.05. The predicted octanol–water partition coefficient (Wildman–Crippen LogP) is 13.1. The van der Waals surface area contributed by atoms with Crippen molar-refractivity contribution in [3.63, 3.8) is 0 Å². The number of hydrogen-bond acceptors (Lipinski definition) is 0. The molecule has 8 aromatic carbocycles. The van der Waals surface area contributed by atoms with Crippen molar-refractivity contribution in [2.75, 3.05) is 0 Å². The maximum absolute atomic E-state index is 14.8. The number of aromatic nitrogens is 1. The van der Waals surface area contributed by atoms with Gasteiger partial charge in [0.2, 0.25) is 0 Å². The number of hydrogen-bond donors (Lipinski definition) is 0. The molecular weight excluding hydrogens is 618 g/mol. The first-order chi connectivity index (χ1) is 24.2. The van der Waals surface area contributed by atoms with Crippen molar-refractivity contribution in [1.29, 1.82) is 0 Å². The van der Waals surface area contributed by atoms with Crippen LogP contribution in [0.25, 0.3) is 49.4 Å². The summed E-state index contributed by atoms with van der Waals surface area (Å²) in [6.45, 7) is 0. The summed E-state index contributed by atoms with van der Waals surface area (Å²) >= 11 is 0. The van der Waals surface area contributed by atoms with Crippen molar-refractivity contribution in [1.82, 2.24) is 4.57 Å². The molecule has 0 radical (unpaired) electrons. The molecule has 1 aromatic heterocycles. The van der Waals surface area contributed by atoms with Crippen LogP contribution in [-0.2, 0) is 0 Å². The van der Waals surface area contributed by atoms with E-state index in [9.17, 15) is 4.39 Å². The second kappa shape index (κ2) is 12.0. The van der Waals surface area contributed by atoms with Gasteiger partial charge in [-0.05, 0) is 107 Å². The molecule has 1 heterocycles. The van der Waals surface area contributed by atoms with Gasteiger partial charge in [-0.25, -0.2) is 4.39 Å². The molecule has 0 aliphatic heterocycles. The summed E-state index contributed by atoms with van der Waals surface area (Å²) in [6.07, 6.45) is 0. The predicted molar refractivity (Wildman–Crippen MR) is 204 cm³/mol. The lowest BCUT2D eigenvalue weighted by Gasteiger charge is -2.42. The van der Waals surface area contributed by atoms with E-state index in [4.69, 9.17) is 0 Å². The lowest BCUT2D eigenvalue weighted by atomic mass is 10.0. The van der Waals surface area contributed by atoms with Crippen molar-refractivity contribution in [2.24, 2.45) is 0 Å². The zero-order valence-corrected chi connectivity index (χ0v) is 27.5. The minimum atomic E-state index is -1.82. The highest BCUT2D eigenvalue weighted by Crippen LogP contribution is 2.73. The largest absolute Gasteiger partial charge is 0.309 e. The van der Waals surface area contributed by atoms with E-state index in [2.05, 4.69) is 180 Å². The van der Waals surface area contributed by atoms with E-state index < -0.39 is 10.0 Å². The number of nitrogens with zero attached hydrogens (tertiary/aromatic N) is 1. The van der Waals surface area contributed by atoms with E-state index in [1.54, 1.807) is 12.1 Å². The van der Waals surface area contributed by atoms with Crippen LogP contribution in [0.4, 0.5) is 4.39 Å². The molecular formula is C46H32FNS. The van der Waals surface area contributed by atoms with Gasteiger partial charge in [-0.15, -0.1) is 10.0 Å². The fourth-order valence-electron chi connectivity index (χ4n) is 7.42. The van der Waals surface area contributed by atoms with Crippen LogP contribution in [0.1, 0.15) is 0 Å². The van der Waals surface area contributed by atoms with Gasteiger partial charge in [-0.1, -0.05) is 109 Å². The molecule has 1 nitrogen and oxygen atoms in total. The van der Waals surface area contributed by atoms with Crippen molar-refractivity contribution < 1.29 is 4.39 Å². The van der Waals surface area contributed by atoms with Crippen LogP contribution in [0, 0.1) is 5.82 Å². The molecule has 0 aliphatic rings. The van der Waals surface area contributed by atoms with E-state index in [0.717, 1.165) is 49.4 Å². The molecule has 0 spiro atoms. The Morgan fingerprint density at radius 2 is 0.939 bits per heavy atom. The third-order valence-corrected chi connectivity index (χ3v) is 13.4. The molecule has 0 atom stereocenters. The topological polar surface area (TPSA) is 4.93 Å². The number of benzene rings is 8. The van der Waals surface area contributed by atoms with E-state index >= 15 is 0 Å². The van der Waals surface area contributed by atoms with E-state index in [-0.39, 0.29) is 5.82 Å². The van der Waals surface area contributed by atoms with Crippen molar-refractivity contribution in [3.05, 3.63) is 200 Å². The van der Waals surface area contributed by atoms with Crippen molar-refractivity contribution in [3.8, 4) is 16.8 Å². The Labute approximate surface area is 286 Å². The Bertz CT molecular complexity index is 2510. The van der Waals surface area contributed by atoms with Crippen LogP contribution < -0.4 is 0 Å². The van der Waals surface area contributed by atoms with Crippen LogP contribution in [0.15, 0.2) is 214 Å². The van der Waals surface area contributed by atoms with Gasteiger partial charge < -0.3 is 4.57 Å². The Morgan fingerprint density at radius 1 is 0.388 bits per heavy atom. The van der Waals surface area contributed by atoms with Gasteiger partial charge in [0.1, 0.15) is 5.82 Å². The molecule has 9 aromatic rings. The molecule has 0 aliphatic carbocycles. The SMILES string of the molecule is Fc1ccc2c(c1)c1c3ccccc3ccc1n2-c1cccc(-c2cccc(S(c3ccccc3)(c3ccccc3)c3ccccc3)c2)c1. The first-order valence-corrected chi connectivity index (χ1v) is 18.2. The monoisotopic (exact) mass is 649 g/mol. The quantitative estimate of drug-likeness (QED) is 0.169. The minimum absolute atomic E-state index is 0.230. The molecule has 49 heavy (non-hydrogen) atoms. The molecule has 3 heteroatoms. The third kappa shape index (κ3) is 4.77. The van der Waals surface area contributed by atoms with E-state index in [1.165, 1.54) is 19.6 Å². The standard InChI is InChI=1S/C46H32FNS/c47-36-27-29-44-43(32-36)46-42-25-11-10-14-33(42)26-28-45(46)48(44)37-17-12-15-34(30-37)35-16-13-24-41(31-35)49(38-18-4-1-5-19-38,39-20-6-2-7-21-39)40-22-8-3-9-23-40/h1-32H. The zero-order valence-electron chi connectivity index (χ0n) is 26.7. The number of fused-ring (bicyclic) bond motifs is 5. The summed E-state index contributed by atoms with van der Waals surface area (Å²) in [4.78, 5) is 5.16. The Kier molecular flexibility index (Phi) is 7.14. The average Bonchev–Trinajstić information content (AvgIpc) is 3.51. The Hall–Kier alpha value is -5.90.